The molecule has 0 unspecified atom stereocenters. The standard InChI is InChI=1S/C18H16INO3/c19-14-7-4-8-15(11-14)20-16(21)12-23-17(22)18(9-10-18)13-5-2-1-3-6-13/h1-8,11H,9-10,12H2,(H,20,21). The van der Waals surface area contributed by atoms with Gasteiger partial charge in [0.2, 0.25) is 0 Å². The predicted octanol–water partition coefficient (Wildman–Crippen LogP) is 3.50. The van der Waals surface area contributed by atoms with Crippen molar-refractivity contribution in [3.8, 4) is 0 Å². The van der Waals surface area contributed by atoms with E-state index in [0.717, 1.165) is 22.0 Å². The monoisotopic (exact) mass is 421 g/mol. The second kappa shape index (κ2) is 6.70. The lowest BCUT2D eigenvalue weighted by Crippen LogP contribution is -2.28. The molecule has 1 fully saturated rings. The first-order valence-electron chi connectivity index (χ1n) is 7.38. The van der Waals surface area contributed by atoms with Gasteiger partial charge in [-0.1, -0.05) is 36.4 Å². The molecule has 118 valence electrons. The molecule has 0 saturated heterocycles. The molecule has 2 aromatic rings. The summed E-state index contributed by atoms with van der Waals surface area (Å²) in [6.07, 6.45) is 1.54. The van der Waals surface area contributed by atoms with Gasteiger partial charge in [-0.25, -0.2) is 0 Å². The second-order valence-electron chi connectivity index (χ2n) is 5.58. The molecule has 0 aliphatic heterocycles. The minimum absolute atomic E-state index is 0.265. The number of halogens is 1. The summed E-state index contributed by atoms with van der Waals surface area (Å²) in [5.41, 5.74) is 1.11. The third-order valence-corrected chi connectivity index (χ3v) is 4.58. The molecule has 0 spiro atoms. The fourth-order valence-electron chi connectivity index (χ4n) is 2.53. The third kappa shape index (κ3) is 3.72. The molecule has 3 rings (SSSR count). The van der Waals surface area contributed by atoms with Crippen LogP contribution in [0.3, 0.4) is 0 Å². The van der Waals surface area contributed by atoms with Crippen molar-refractivity contribution in [1.82, 2.24) is 0 Å². The summed E-state index contributed by atoms with van der Waals surface area (Å²) in [4.78, 5) is 24.3. The Morgan fingerprint density at radius 1 is 1.09 bits per heavy atom. The highest BCUT2D eigenvalue weighted by molar-refractivity contribution is 14.1. The quantitative estimate of drug-likeness (QED) is 0.594. The van der Waals surface area contributed by atoms with Gasteiger partial charge in [0.1, 0.15) is 0 Å². The molecule has 0 atom stereocenters. The van der Waals surface area contributed by atoms with Gasteiger partial charge in [-0.15, -0.1) is 0 Å². The smallest absolute Gasteiger partial charge is 0.317 e. The van der Waals surface area contributed by atoms with Crippen LogP contribution in [0.5, 0.6) is 0 Å². The molecule has 0 radical (unpaired) electrons. The van der Waals surface area contributed by atoms with Crippen molar-refractivity contribution < 1.29 is 14.3 Å². The molecule has 1 aliphatic carbocycles. The first kappa shape index (κ1) is 16.0. The van der Waals surface area contributed by atoms with Gasteiger partial charge in [0, 0.05) is 9.26 Å². The number of hydrogen-bond donors (Lipinski definition) is 1. The molecule has 0 heterocycles. The van der Waals surface area contributed by atoms with E-state index in [2.05, 4.69) is 27.9 Å². The Hall–Kier alpha value is -1.89. The summed E-state index contributed by atoms with van der Waals surface area (Å²) >= 11 is 2.17. The minimum atomic E-state index is -0.552. The zero-order valence-electron chi connectivity index (χ0n) is 12.4. The van der Waals surface area contributed by atoms with Crippen LogP contribution < -0.4 is 5.32 Å². The van der Waals surface area contributed by atoms with E-state index in [4.69, 9.17) is 4.74 Å². The van der Waals surface area contributed by atoms with E-state index in [1.165, 1.54) is 0 Å². The Bertz CT molecular complexity index is 726. The van der Waals surface area contributed by atoms with Crippen LogP contribution in [0.2, 0.25) is 0 Å². The van der Waals surface area contributed by atoms with Gasteiger partial charge >= 0.3 is 5.97 Å². The number of carbonyl (C=O) groups is 2. The number of rotatable bonds is 5. The van der Waals surface area contributed by atoms with Crippen molar-refractivity contribution in [3.05, 3.63) is 63.7 Å². The fourth-order valence-corrected chi connectivity index (χ4v) is 3.07. The average molecular weight is 421 g/mol. The molecule has 23 heavy (non-hydrogen) atoms. The van der Waals surface area contributed by atoms with Gasteiger partial charge in [-0.05, 0) is 59.2 Å². The highest BCUT2D eigenvalue weighted by Crippen LogP contribution is 2.49. The van der Waals surface area contributed by atoms with Crippen LogP contribution in [0.15, 0.2) is 54.6 Å². The van der Waals surface area contributed by atoms with Crippen LogP contribution in [-0.4, -0.2) is 18.5 Å². The molecule has 1 amide bonds. The molecule has 5 heteroatoms. The molecule has 2 aromatic carbocycles. The molecule has 0 bridgehead atoms. The van der Waals surface area contributed by atoms with Crippen molar-refractivity contribution in [2.24, 2.45) is 0 Å². The van der Waals surface area contributed by atoms with Crippen LogP contribution in [-0.2, 0) is 19.7 Å². The number of benzene rings is 2. The Morgan fingerprint density at radius 3 is 2.48 bits per heavy atom. The Morgan fingerprint density at radius 2 is 1.83 bits per heavy atom. The predicted molar refractivity (Wildman–Crippen MR) is 96.1 cm³/mol. The normalized spacial score (nSPS) is 14.8. The summed E-state index contributed by atoms with van der Waals surface area (Å²) in [7, 11) is 0. The van der Waals surface area contributed by atoms with E-state index in [1.807, 2.05) is 48.5 Å². The summed E-state index contributed by atoms with van der Waals surface area (Å²) in [6, 6.07) is 17.0. The fraction of sp³-hybridized carbons (Fsp3) is 0.222. The van der Waals surface area contributed by atoms with Crippen LogP contribution in [0.25, 0.3) is 0 Å². The lowest BCUT2D eigenvalue weighted by atomic mass is 9.96. The van der Waals surface area contributed by atoms with Gasteiger partial charge in [-0.2, -0.15) is 0 Å². The van der Waals surface area contributed by atoms with E-state index in [0.29, 0.717) is 5.69 Å². The van der Waals surface area contributed by atoms with E-state index < -0.39 is 5.41 Å². The van der Waals surface area contributed by atoms with E-state index in [9.17, 15) is 9.59 Å². The maximum absolute atomic E-state index is 12.3. The molecule has 4 nitrogen and oxygen atoms in total. The third-order valence-electron chi connectivity index (χ3n) is 3.91. The van der Waals surface area contributed by atoms with Gasteiger partial charge < -0.3 is 10.1 Å². The maximum Gasteiger partial charge on any atom is 0.317 e. The Balaban J connectivity index is 1.56. The van der Waals surface area contributed by atoms with Crippen LogP contribution in [0.4, 0.5) is 5.69 Å². The molecule has 0 aromatic heterocycles. The number of anilines is 1. The van der Waals surface area contributed by atoms with Gasteiger partial charge in [0.25, 0.3) is 5.91 Å². The van der Waals surface area contributed by atoms with Crippen molar-refractivity contribution in [3.63, 3.8) is 0 Å². The zero-order chi connectivity index (χ0) is 16.3. The van der Waals surface area contributed by atoms with E-state index >= 15 is 0 Å². The second-order valence-corrected chi connectivity index (χ2v) is 6.83. The van der Waals surface area contributed by atoms with Crippen LogP contribution in [0.1, 0.15) is 18.4 Å². The van der Waals surface area contributed by atoms with Crippen LogP contribution in [0, 0.1) is 3.57 Å². The molecule has 1 aliphatic rings. The van der Waals surface area contributed by atoms with E-state index in [-0.39, 0.29) is 18.5 Å². The molecule has 1 N–H and O–H groups in total. The highest BCUT2D eigenvalue weighted by atomic mass is 127. The lowest BCUT2D eigenvalue weighted by molar-refractivity contribution is -0.150. The number of carbonyl (C=O) groups excluding carboxylic acids is 2. The molecular weight excluding hydrogens is 405 g/mol. The molecular formula is C18H16INO3. The average Bonchev–Trinajstić information content (AvgIpc) is 3.35. The first-order chi connectivity index (χ1) is 11.1. The number of amides is 1. The van der Waals surface area contributed by atoms with E-state index in [1.54, 1.807) is 6.07 Å². The number of ether oxygens (including phenoxy) is 1. The first-order valence-corrected chi connectivity index (χ1v) is 8.46. The summed E-state index contributed by atoms with van der Waals surface area (Å²) in [6.45, 7) is -0.265. The summed E-state index contributed by atoms with van der Waals surface area (Å²) < 4.78 is 6.26. The maximum atomic E-state index is 12.3. The SMILES string of the molecule is O=C(COC(=O)C1(c2ccccc2)CC1)Nc1cccc(I)c1. The molecule has 1 saturated carbocycles. The Labute approximate surface area is 148 Å². The topological polar surface area (TPSA) is 55.4 Å². The van der Waals surface area contributed by atoms with Gasteiger partial charge in [-0.3, -0.25) is 9.59 Å². The zero-order valence-corrected chi connectivity index (χ0v) is 14.6. The number of esters is 1. The lowest BCUT2D eigenvalue weighted by Gasteiger charge is -2.14. The number of nitrogens with one attached hydrogen (secondary N) is 1. The minimum Gasteiger partial charge on any atom is -0.455 e. The van der Waals surface area contributed by atoms with Crippen molar-refractivity contribution in [2.75, 3.05) is 11.9 Å². The summed E-state index contributed by atoms with van der Waals surface area (Å²) in [5.74, 6) is -0.647. The Kier molecular flexibility index (Phi) is 4.66. The summed E-state index contributed by atoms with van der Waals surface area (Å²) in [5, 5.41) is 2.73. The van der Waals surface area contributed by atoms with Crippen molar-refractivity contribution >= 4 is 40.2 Å². The highest BCUT2D eigenvalue weighted by Gasteiger charge is 2.52. The van der Waals surface area contributed by atoms with Crippen molar-refractivity contribution in [2.45, 2.75) is 18.3 Å². The van der Waals surface area contributed by atoms with Crippen LogP contribution >= 0.6 is 22.6 Å². The number of hydrogen-bond acceptors (Lipinski definition) is 3. The van der Waals surface area contributed by atoms with Gasteiger partial charge in [0.05, 0.1) is 5.41 Å². The van der Waals surface area contributed by atoms with Gasteiger partial charge in [0.15, 0.2) is 6.61 Å². The van der Waals surface area contributed by atoms with Crippen molar-refractivity contribution in [1.29, 1.82) is 0 Å². The largest absolute Gasteiger partial charge is 0.455 e.